The first-order valence-corrected chi connectivity index (χ1v) is 9.50. The predicted molar refractivity (Wildman–Crippen MR) is 111 cm³/mol. The zero-order valence-electron chi connectivity index (χ0n) is 16.5. The van der Waals surface area contributed by atoms with Crippen LogP contribution in [-0.2, 0) is 0 Å². The third-order valence-electron chi connectivity index (χ3n) is 4.64. The van der Waals surface area contributed by atoms with Crippen LogP contribution < -0.4 is 14.2 Å². The maximum atomic E-state index is 12.8. The molecule has 2 heterocycles. The number of rotatable bonds is 5. The highest BCUT2D eigenvalue weighted by Gasteiger charge is 2.31. The van der Waals surface area contributed by atoms with Crippen molar-refractivity contribution >= 4 is 17.8 Å². The van der Waals surface area contributed by atoms with E-state index >= 15 is 0 Å². The van der Waals surface area contributed by atoms with E-state index in [1.165, 1.54) is 6.20 Å². The first kappa shape index (κ1) is 19.4. The summed E-state index contributed by atoms with van der Waals surface area (Å²) in [5, 5.41) is 0. The normalized spacial score (nSPS) is 13.7. The van der Waals surface area contributed by atoms with E-state index < -0.39 is 5.97 Å². The molecular weight excluding hydrogens is 382 g/mol. The second kappa shape index (κ2) is 8.21. The summed E-state index contributed by atoms with van der Waals surface area (Å²) in [5.74, 6) is 0.808. The van der Waals surface area contributed by atoms with E-state index in [4.69, 9.17) is 14.2 Å². The maximum absolute atomic E-state index is 12.8. The van der Waals surface area contributed by atoms with Gasteiger partial charge in [0.2, 0.25) is 5.78 Å². The Morgan fingerprint density at radius 1 is 1.10 bits per heavy atom. The Bertz CT molecular complexity index is 1150. The molecule has 1 aliphatic heterocycles. The molecule has 0 unspecified atom stereocenters. The summed E-state index contributed by atoms with van der Waals surface area (Å²) in [6, 6.07) is 13.9. The standard InChI is InChI=1S/C24H19NO5/c1-3-28-20-9-5-4-7-16(20)13-21-22(26)18-10-11-19(15(2)23(18)29-21)30-24(27)17-8-6-12-25-14-17/h4-14H,3H2,1-2H3/b21-13-. The van der Waals surface area contributed by atoms with Gasteiger partial charge in [-0.25, -0.2) is 4.79 Å². The Balaban J connectivity index is 1.62. The molecule has 0 radical (unpaired) electrons. The topological polar surface area (TPSA) is 74.7 Å². The molecular formula is C24H19NO5. The number of benzene rings is 2. The average molecular weight is 401 g/mol. The molecule has 0 spiro atoms. The van der Waals surface area contributed by atoms with Crippen molar-refractivity contribution in [2.45, 2.75) is 13.8 Å². The van der Waals surface area contributed by atoms with Crippen LogP contribution in [0.3, 0.4) is 0 Å². The molecule has 6 nitrogen and oxygen atoms in total. The highest BCUT2D eigenvalue weighted by Crippen LogP contribution is 2.40. The number of allylic oxidation sites excluding steroid dienone is 1. The fourth-order valence-corrected chi connectivity index (χ4v) is 3.15. The van der Waals surface area contributed by atoms with E-state index in [-0.39, 0.29) is 11.5 Å². The summed E-state index contributed by atoms with van der Waals surface area (Å²) < 4.78 is 17.0. The molecule has 0 N–H and O–H groups in total. The molecule has 4 rings (SSSR count). The lowest BCUT2D eigenvalue weighted by Crippen LogP contribution is -2.09. The highest BCUT2D eigenvalue weighted by atomic mass is 16.5. The Morgan fingerprint density at radius 2 is 1.93 bits per heavy atom. The number of para-hydroxylation sites is 1. The van der Waals surface area contributed by atoms with Gasteiger partial charge in [0.05, 0.1) is 17.7 Å². The molecule has 0 saturated carbocycles. The molecule has 1 aliphatic rings. The largest absolute Gasteiger partial charge is 0.493 e. The van der Waals surface area contributed by atoms with Crippen molar-refractivity contribution in [3.8, 4) is 17.2 Å². The molecule has 0 amide bonds. The second-order valence-corrected chi connectivity index (χ2v) is 6.61. The molecule has 0 bridgehead atoms. The quantitative estimate of drug-likeness (QED) is 0.353. The number of ketones is 1. The lowest BCUT2D eigenvalue weighted by atomic mass is 10.1. The fraction of sp³-hybridized carbons (Fsp3) is 0.125. The van der Waals surface area contributed by atoms with Crippen LogP contribution in [0, 0.1) is 6.92 Å². The van der Waals surface area contributed by atoms with Crippen LogP contribution >= 0.6 is 0 Å². The number of carbonyl (C=O) groups is 2. The second-order valence-electron chi connectivity index (χ2n) is 6.61. The number of fused-ring (bicyclic) bond motifs is 1. The summed E-state index contributed by atoms with van der Waals surface area (Å²) >= 11 is 0. The molecule has 0 atom stereocenters. The number of nitrogens with zero attached hydrogens (tertiary/aromatic N) is 1. The van der Waals surface area contributed by atoms with E-state index in [1.54, 1.807) is 43.5 Å². The smallest absolute Gasteiger partial charge is 0.345 e. The number of esters is 1. The summed E-state index contributed by atoms with van der Waals surface area (Å²) in [7, 11) is 0. The summed E-state index contributed by atoms with van der Waals surface area (Å²) in [6.45, 7) is 4.16. The molecule has 0 aliphatic carbocycles. The molecule has 2 aromatic carbocycles. The Morgan fingerprint density at radius 3 is 2.70 bits per heavy atom. The third-order valence-corrected chi connectivity index (χ3v) is 4.64. The van der Waals surface area contributed by atoms with Crippen LogP contribution in [0.2, 0.25) is 0 Å². The maximum Gasteiger partial charge on any atom is 0.345 e. The van der Waals surface area contributed by atoms with Gasteiger partial charge >= 0.3 is 5.97 Å². The minimum atomic E-state index is -0.531. The van der Waals surface area contributed by atoms with Gasteiger partial charge in [-0.2, -0.15) is 0 Å². The van der Waals surface area contributed by atoms with Crippen LogP contribution in [-0.4, -0.2) is 23.3 Å². The SMILES string of the molecule is CCOc1ccccc1/C=C1\Oc2c(ccc(OC(=O)c3cccnc3)c2C)C1=O. The number of hydrogen-bond acceptors (Lipinski definition) is 6. The van der Waals surface area contributed by atoms with Gasteiger partial charge < -0.3 is 14.2 Å². The Labute approximate surface area is 173 Å². The Hall–Kier alpha value is -3.93. The average Bonchev–Trinajstić information content (AvgIpc) is 3.08. The lowest BCUT2D eigenvalue weighted by molar-refractivity contribution is 0.0732. The number of carbonyl (C=O) groups excluding carboxylic acids is 2. The van der Waals surface area contributed by atoms with E-state index in [0.717, 1.165) is 5.56 Å². The van der Waals surface area contributed by atoms with Gasteiger partial charge in [0.25, 0.3) is 0 Å². The highest BCUT2D eigenvalue weighted by molar-refractivity contribution is 6.15. The molecule has 1 aromatic heterocycles. The van der Waals surface area contributed by atoms with E-state index in [0.29, 0.717) is 40.5 Å². The van der Waals surface area contributed by atoms with Crippen molar-refractivity contribution in [2.24, 2.45) is 0 Å². The molecule has 0 fully saturated rings. The molecule has 6 heteroatoms. The van der Waals surface area contributed by atoms with Crippen molar-refractivity contribution in [1.82, 2.24) is 4.98 Å². The number of aromatic nitrogens is 1. The van der Waals surface area contributed by atoms with Crippen molar-refractivity contribution in [2.75, 3.05) is 6.61 Å². The monoisotopic (exact) mass is 401 g/mol. The van der Waals surface area contributed by atoms with Crippen LogP contribution in [0.15, 0.2) is 66.7 Å². The van der Waals surface area contributed by atoms with E-state index in [1.807, 2.05) is 31.2 Å². The summed E-state index contributed by atoms with van der Waals surface area (Å²) in [4.78, 5) is 29.1. The Kier molecular flexibility index (Phi) is 5.30. The van der Waals surface area contributed by atoms with Gasteiger partial charge in [0.1, 0.15) is 17.2 Å². The van der Waals surface area contributed by atoms with Gasteiger partial charge in [-0.05, 0) is 50.3 Å². The van der Waals surface area contributed by atoms with Crippen LogP contribution in [0.4, 0.5) is 0 Å². The van der Waals surface area contributed by atoms with Crippen molar-refractivity contribution in [1.29, 1.82) is 0 Å². The van der Waals surface area contributed by atoms with Crippen LogP contribution in [0.5, 0.6) is 17.2 Å². The van der Waals surface area contributed by atoms with Gasteiger partial charge in [-0.3, -0.25) is 9.78 Å². The van der Waals surface area contributed by atoms with Crippen molar-refractivity contribution in [3.63, 3.8) is 0 Å². The first-order chi connectivity index (χ1) is 14.6. The van der Waals surface area contributed by atoms with Crippen LogP contribution in [0.1, 0.15) is 38.8 Å². The minimum absolute atomic E-state index is 0.191. The zero-order valence-corrected chi connectivity index (χ0v) is 16.5. The van der Waals surface area contributed by atoms with Gasteiger partial charge in [-0.1, -0.05) is 18.2 Å². The summed E-state index contributed by atoms with van der Waals surface area (Å²) in [6.07, 6.45) is 4.67. The first-order valence-electron chi connectivity index (χ1n) is 9.50. The van der Waals surface area contributed by atoms with Gasteiger partial charge in [-0.15, -0.1) is 0 Å². The van der Waals surface area contributed by atoms with Gasteiger partial charge in [0, 0.05) is 23.5 Å². The molecule has 3 aromatic rings. The van der Waals surface area contributed by atoms with E-state index in [9.17, 15) is 9.59 Å². The molecule has 150 valence electrons. The number of ether oxygens (including phenoxy) is 3. The number of pyridine rings is 1. The lowest BCUT2D eigenvalue weighted by Gasteiger charge is -2.10. The van der Waals surface area contributed by atoms with E-state index in [2.05, 4.69) is 4.98 Å². The molecule has 0 saturated heterocycles. The third kappa shape index (κ3) is 3.67. The number of hydrogen-bond donors (Lipinski definition) is 0. The van der Waals surface area contributed by atoms with Crippen LogP contribution in [0.25, 0.3) is 6.08 Å². The predicted octanol–water partition coefficient (Wildman–Crippen LogP) is 4.62. The van der Waals surface area contributed by atoms with Crippen molar-refractivity contribution < 1.29 is 23.8 Å². The fourth-order valence-electron chi connectivity index (χ4n) is 3.15. The van der Waals surface area contributed by atoms with Crippen molar-refractivity contribution in [3.05, 3.63) is 88.9 Å². The minimum Gasteiger partial charge on any atom is -0.493 e. The number of Topliss-reactive ketones (excluding diaryl/α,β-unsaturated/α-hetero) is 1. The summed E-state index contributed by atoms with van der Waals surface area (Å²) in [5.41, 5.74) is 2.08. The van der Waals surface area contributed by atoms with Gasteiger partial charge in [0.15, 0.2) is 5.76 Å². The molecule has 30 heavy (non-hydrogen) atoms. The zero-order chi connectivity index (χ0) is 21.1.